The summed E-state index contributed by atoms with van der Waals surface area (Å²) in [6, 6.07) is 8.25. The fourth-order valence-electron chi connectivity index (χ4n) is 3.28. The van der Waals surface area contributed by atoms with Gasteiger partial charge in [-0.3, -0.25) is 14.9 Å². The normalized spacial score (nSPS) is 23.9. The number of phenols is 1. The minimum Gasteiger partial charge on any atom is -0.502 e. The van der Waals surface area contributed by atoms with Gasteiger partial charge in [0.25, 0.3) is 0 Å². The first-order valence-corrected chi connectivity index (χ1v) is 8.81. The monoisotopic (exact) mass is 441 g/mol. The van der Waals surface area contributed by atoms with Gasteiger partial charge >= 0.3 is 11.9 Å². The van der Waals surface area contributed by atoms with Crippen molar-refractivity contribution in [2.45, 2.75) is 17.9 Å². The molecule has 1 saturated heterocycles. The molecule has 0 spiro atoms. The Bertz CT molecular complexity index is 1020. The van der Waals surface area contributed by atoms with E-state index >= 15 is 0 Å². The molecule has 0 amide bonds. The van der Waals surface area contributed by atoms with Crippen molar-refractivity contribution in [1.82, 2.24) is 10.6 Å². The van der Waals surface area contributed by atoms with E-state index in [0.717, 1.165) is 18.2 Å². The molecule has 3 rings (SSSR count). The van der Waals surface area contributed by atoms with E-state index in [-0.39, 0.29) is 11.1 Å². The number of rotatable bonds is 4. The summed E-state index contributed by atoms with van der Waals surface area (Å²) in [5.41, 5.74) is -4.79. The van der Waals surface area contributed by atoms with E-state index in [2.05, 4.69) is 5.32 Å². The van der Waals surface area contributed by atoms with Crippen molar-refractivity contribution in [1.29, 1.82) is 0 Å². The number of hydrogen-bond donors (Lipinski definition) is 4. The number of nitro benzene ring substituents is 1. The molecule has 1 heterocycles. The van der Waals surface area contributed by atoms with Gasteiger partial charge in [-0.25, -0.2) is 0 Å². The predicted octanol–water partition coefficient (Wildman–Crippen LogP) is 2.57. The van der Waals surface area contributed by atoms with Gasteiger partial charge in [0.1, 0.15) is 5.92 Å². The molecule has 1 aliphatic heterocycles. The lowest BCUT2D eigenvalue weighted by Crippen LogP contribution is -2.72. The van der Waals surface area contributed by atoms with Crippen LogP contribution in [0.25, 0.3) is 0 Å². The minimum atomic E-state index is -5.32. The van der Waals surface area contributed by atoms with Crippen molar-refractivity contribution in [2.75, 3.05) is 0 Å². The van der Waals surface area contributed by atoms with E-state index in [4.69, 9.17) is 12.2 Å². The number of halogens is 3. The van der Waals surface area contributed by atoms with Crippen molar-refractivity contribution in [2.24, 2.45) is 5.92 Å². The summed E-state index contributed by atoms with van der Waals surface area (Å²) in [5.74, 6) is -3.98. The zero-order chi connectivity index (χ0) is 22.3. The van der Waals surface area contributed by atoms with E-state index in [1.807, 2.05) is 0 Å². The van der Waals surface area contributed by atoms with Crippen molar-refractivity contribution in [3.63, 3.8) is 0 Å². The fourth-order valence-corrected chi connectivity index (χ4v) is 3.56. The van der Waals surface area contributed by atoms with Gasteiger partial charge in [-0.2, -0.15) is 13.2 Å². The molecule has 8 nitrogen and oxygen atoms in total. The van der Waals surface area contributed by atoms with Crippen LogP contribution in [0.15, 0.2) is 48.5 Å². The number of aliphatic hydroxyl groups is 1. The first-order valence-electron chi connectivity index (χ1n) is 8.40. The number of phenolic OH excluding ortho intramolecular Hbond substituents is 1. The molecule has 3 atom stereocenters. The first-order chi connectivity index (χ1) is 14.0. The highest BCUT2D eigenvalue weighted by Crippen LogP contribution is 2.44. The highest BCUT2D eigenvalue weighted by atomic mass is 32.1. The zero-order valence-electron chi connectivity index (χ0n) is 14.9. The van der Waals surface area contributed by atoms with Gasteiger partial charge in [0.2, 0.25) is 5.72 Å². The van der Waals surface area contributed by atoms with Crippen LogP contribution >= 0.6 is 12.2 Å². The van der Waals surface area contributed by atoms with Gasteiger partial charge in [0.05, 0.1) is 11.0 Å². The predicted molar refractivity (Wildman–Crippen MR) is 102 cm³/mol. The third-order valence-electron chi connectivity index (χ3n) is 4.70. The molecule has 0 radical (unpaired) electrons. The Morgan fingerprint density at radius 3 is 2.40 bits per heavy atom. The summed E-state index contributed by atoms with van der Waals surface area (Å²) in [4.78, 5) is 23.3. The molecular formula is C18H14F3N3O5S. The number of nitrogens with zero attached hydrogens (tertiary/aromatic N) is 1. The molecule has 2 aromatic carbocycles. The van der Waals surface area contributed by atoms with Crippen molar-refractivity contribution < 1.29 is 33.1 Å². The Balaban J connectivity index is 2.20. The molecule has 12 heteroatoms. The smallest absolute Gasteiger partial charge is 0.437 e. The van der Waals surface area contributed by atoms with Crippen LogP contribution in [0.2, 0.25) is 0 Å². The number of thiocarbonyl (C=S) groups is 1. The van der Waals surface area contributed by atoms with Crippen LogP contribution in [0.1, 0.15) is 22.0 Å². The van der Waals surface area contributed by atoms with Crippen molar-refractivity contribution in [3.05, 3.63) is 69.8 Å². The molecule has 30 heavy (non-hydrogen) atoms. The number of aromatic hydroxyl groups is 1. The van der Waals surface area contributed by atoms with E-state index < -0.39 is 51.1 Å². The van der Waals surface area contributed by atoms with Crippen LogP contribution in [0.3, 0.4) is 0 Å². The van der Waals surface area contributed by atoms with Gasteiger partial charge < -0.3 is 20.8 Å². The number of nitrogens with one attached hydrogen (secondary N) is 2. The Kier molecular flexibility index (Phi) is 5.39. The summed E-state index contributed by atoms with van der Waals surface area (Å²) in [7, 11) is 0. The second-order valence-corrected chi connectivity index (χ2v) is 6.96. The van der Waals surface area contributed by atoms with Crippen LogP contribution < -0.4 is 10.6 Å². The molecule has 158 valence electrons. The Morgan fingerprint density at radius 2 is 1.83 bits per heavy atom. The van der Waals surface area contributed by atoms with Gasteiger partial charge in [-0.1, -0.05) is 36.4 Å². The van der Waals surface area contributed by atoms with Crippen LogP contribution in [-0.4, -0.2) is 37.9 Å². The van der Waals surface area contributed by atoms with Crippen LogP contribution in [0, 0.1) is 16.0 Å². The number of ketones is 1. The maximum absolute atomic E-state index is 13.9. The van der Waals surface area contributed by atoms with Crippen molar-refractivity contribution >= 4 is 28.8 Å². The number of benzene rings is 2. The topological polar surface area (TPSA) is 125 Å². The van der Waals surface area contributed by atoms with Crippen LogP contribution in [-0.2, 0) is 0 Å². The SMILES string of the molecule is O=C(c1ccccc1)C1C(c2ccc(O)c([N+](=O)[O-])c2)NC(=S)NC1(O)C(F)(F)F. The Morgan fingerprint density at radius 1 is 1.20 bits per heavy atom. The number of nitro groups is 1. The van der Waals surface area contributed by atoms with Gasteiger partial charge in [-0.05, 0) is 23.8 Å². The molecule has 0 saturated carbocycles. The second kappa shape index (κ2) is 7.54. The minimum absolute atomic E-state index is 0.111. The summed E-state index contributed by atoms with van der Waals surface area (Å²) in [6.07, 6.45) is -5.32. The van der Waals surface area contributed by atoms with Crippen LogP contribution in [0.5, 0.6) is 5.75 Å². The third kappa shape index (κ3) is 3.66. The van der Waals surface area contributed by atoms with Gasteiger partial charge in [0.15, 0.2) is 16.6 Å². The number of hydrogen-bond acceptors (Lipinski definition) is 6. The molecule has 4 N–H and O–H groups in total. The van der Waals surface area contributed by atoms with Gasteiger partial charge in [-0.15, -0.1) is 0 Å². The fraction of sp³-hybridized carbons (Fsp3) is 0.222. The molecule has 0 aliphatic carbocycles. The Labute approximate surface area is 172 Å². The summed E-state index contributed by atoms with van der Waals surface area (Å²) < 4.78 is 41.7. The largest absolute Gasteiger partial charge is 0.502 e. The van der Waals surface area contributed by atoms with E-state index in [0.29, 0.717) is 0 Å². The molecule has 0 bridgehead atoms. The van der Waals surface area contributed by atoms with Crippen molar-refractivity contribution in [3.8, 4) is 5.75 Å². The van der Waals surface area contributed by atoms with E-state index in [1.54, 1.807) is 11.4 Å². The maximum atomic E-state index is 13.9. The lowest BCUT2D eigenvalue weighted by molar-refractivity contribution is -0.386. The highest BCUT2D eigenvalue weighted by Gasteiger charge is 2.65. The molecule has 0 aromatic heterocycles. The van der Waals surface area contributed by atoms with Gasteiger partial charge in [0, 0.05) is 11.6 Å². The van der Waals surface area contributed by atoms with Crippen LogP contribution in [0.4, 0.5) is 18.9 Å². The highest BCUT2D eigenvalue weighted by molar-refractivity contribution is 7.80. The quantitative estimate of drug-likeness (QED) is 0.247. The number of carbonyl (C=O) groups is 1. The van der Waals surface area contributed by atoms with E-state index in [1.165, 1.54) is 24.3 Å². The molecule has 1 fully saturated rings. The molecule has 3 unspecified atom stereocenters. The molecular weight excluding hydrogens is 427 g/mol. The number of Topliss-reactive ketones (excluding diaryl/α,β-unsaturated/α-hetero) is 1. The number of alkyl halides is 3. The average Bonchev–Trinajstić information content (AvgIpc) is 2.67. The maximum Gasteiger partial charge on any atom is 0.437 e. The molecule has 1 aliphatic rings. The average molecular weight is 441 g/mol. The van der Waals surface area contributed by atoms with E-state index in [9.17, 15) is 38.3 Å². The summed E-state index contributed by atoms with van der Waals surface area (Å²) in [6.45, 7) is 0. The lowest BCUT2D eigenvalue weighted by atomic mass is 9.77. The lowest BCUT2D eigenvalue weighted by Gasteiger charge is -2.46. The second-order valence-electron chi connectivity index (χ2n) is 6.55. The molecule has 2 aromatic rings. The summed E-state index contributed by atoms with van der Waals surface area (Å²) in [5, 5.41) is 35.0. The zero-order valence-corrected chi connectivity index (χ0v) is 15.7. The third-order valence-corrected chi connectivity index (χ3v) is 4.92. The first kappa shape index (κ1) is 21.5. The standard InChI is InChI=1S/C18H14F3N3O5S/c19-18(20,21)17(27)13(15(26)9-4-2-1-3-5-9)14(22-16(30)23-17)10-6-7-12(25)11(8-10)24(28)29/h1-8,13-14,25,27H,(H2,22,23,30). The number of carbonyl (C=O) groups excluding carboxylic acids is 1. The summed E-state index contributed by atoms with van der Waals surface area (Å²) >= 11 is 4.79. The Hall–Kier alpha value is -3.25.